The smallest absolute Gasteiger partial charge is 0.406 e. The van der Waals surface area contributed by atoms with Crippen molar-refractivity contribution in [3.05, 3.63) is 23.3 Å². The summed E-state index contributed by atoms with van der Waals surface area (Å²) in [6.07, 6.45) is -0.554. The Kier molecular flexibility index (Phi) is 8.44. The van der Waals surface area contributed by atoms with Gasteiger partial charge in [0.15, 0.2) is 0 Å². The SMILES string of the molecule is CC.COC(=O)NCCN1C(=O)C(C)Sc2cc(C)c(C(=O)OC)cc21. The van der Waals surface area contributed by atoms with Crippen LogP contribution in [0.15, 0.2) is 17.0 Å². The zero-order chi connectivity index (χ0) is 19.9. The van der Waals surface area contributed by atoms with E-state index in [0.717, 1.165) is 10.5 Å². The van der Waals surface area contributed by atoms with Gasteiger partial charge in [-0.2, -0.15) is 0 Å². The van der Waals surface area contributed by atoms with Crippen LogP contribution in [0.5, 0.6) is 0 Å². The molecule has 1 aromatic carbocycles. The molecule has 0 saturated carbocycles. The normalized spacial score (nSPS) is 15.4. The van der Waals surface area contributed by atoms with E-state index in [1.165, 1.54) is 26.0 Å². The molecule has 0 aliphatic carbocycles. The van der Waals surface area contributed by atoms with Gasteiger partial charge in [0.05, 0.1) is 30.7 Å². The molecule has 1 aliphatic heterocycles. The van der Waals surface area contributed by atoms with Crippen molar-refractivity contribution in [1.29, 1.82) is 0 Å². The third-order valence-corrected chi connectivity index (χ3v) is 4.85. The molecule has 7 nitrogen and oxygen atoms in total. The van der Waals surface area contributed by atoms with Crippen LogP contribution in [0.1, 0.15) is 36.7 Å². The Labute approximate surface area is 158 Å². The van der Waals surface area contributed by atoms with Crippen molar-refractivity contribution in [2.45, 2.75) is 37.8 Å². The lowest BCUT2D eigenvalue weighted by Gasteiger charge is -2.33. The monoisotopic (exact) mass is 382 g/mol. The Morgan fingerprint density at radius 1 is 1.23 bits per heavy atom. The van der Waals surface area contributed by atoms with Gasteiger partial charge in [0.2, 0.25) is 5.91 Å². The molecule has 1 aromatic rings. The van der Waals surface area contributed by atoms with Crippen LogP contribution in [0.2, 0.25) is 0 Å². The van der Waals surface area contributed by atoms with Gasteiger partial charge in [0.25, 0.3) is 0 Å². The van der Waals surface area contributed by atoms with Crippen LogP contribution < -0.4 is 10.2 Å². The molecule has 2 amide bonds. The third-order valence-electron chi connectivity index (χ3n) is 3.71. The Morgan fingerprint density at radius 3 is 2.46 bits per heavy atom. The van der Waals surface area contributed by atoms with Gasteiger partial charge in [-0.05, 0) is 31.5 Å². The van der Waals surface area contributed by atoms with E-state index in [9.17, 15) is 14.4 Å². The predicted molar refractivity (Wildman–Crippen MR) is 102 cm³/mol. The van der Waals surface area contributed by atoms with Crippen LogP contribution in [0.3, 0.4) is 0 Å². The first-order chi connectivity index (χ1) is 12.4. The van der Waals surface area contributed by atoms with Crippen molar-refractivity contribution >= 4 is 35.4 Å². The molecule has 0 bridgehead atoms. The number of ether oxygens (including phenoxy) is 2. The second-order valence-corrected chi connectivity index (χ2v) is 6.68. The van der Waals surface area contributed by atoms with Crippen molar-refractivity contribution in [2.24, 2.45) is 0 Å². The van der Waals surface area contributed by atoms with Crippen molar-refractivity contribution in [3.63, 3.8) is 0 Å². The van der Waals surface area contributed by atoms with Crippen LogP contribution in [-0.4, -0.2) is 50.5 Å². The van der Waals surface area contributed by atoms with Gasteiger partial charge >= 0.3 is 12.1 Å². The average molecular weight is 382 g/mol. The second kappa shape index (κ2) is 10.1. The van der Waals surface area contributed by atoms with Gasteiger partial charge in [-0.1, -0.05) is 13.8 Å². The number of carbonyl (C=O) groups is 3. The van der Waals surface area contributed by atoms with Crippen LogP contribution >= 0.6 is 11.8 Å². The number of nitrogens with zero attached hydrogens (tertiary/aromatic N) is 1. The molecule has 1 unspecified atom stereocenters. The topological polar surface area (TPSA) is 84.9 Å². The summed E-state index contributed by atoms with van der Waals surface area (Å²) in [5, 5.41) is 2.32. The van der Waals surface area contributed by atoms with Gasteiger partial charge in [-0.15, -0.1) is 11.8 Å². The molecule has 0 fully saturated rings. The summed E-state index contributed by atoms with van der Waals surface area (Å²) in [5.74, 6) is -0.516. The number of alkyl carbamates (subject to hydrolysis) is 1. The predicted octanol–water partition coefficient (Wildman–Crippen LogP) is 2.99. The molecule has 0 aromatic heterocycles. The number of rotatable bonds is 4. The van der Waals surface area contributed by atoms with Crippen molar-refractivity contribution in [1.82, 2.24) is 5.32 Å². The number of carbonyl (C=O) groups excluding carboxylic acids is 3. The van der Waals surface area contributed by atoms with Gasteiger partial charge in [0, 0.05) is 18.0 Å². The van der Waals surface area contributed by atoms with E-state index in [0.29, 0.717) is 11.3 Å². The largest absolute Gasteiger partial charge is 0.465 e. The lowest BCUT2D eigenvalue weighted by atomic mass is 10.1. The number of methoxy groups -OCH3 is 2. The molecule has 1 atom stereocenters. The maximum atomic E-state index is 12.5. The van der Waals surface area contributed by atoms with Gasteiger partial charge in [0.1, 0.15) is 0 Å². The molecule has 144 valence electrons. The number of aryl methyl sites for hydroxylation is 1. The van der Waals surface area contributed by atoms with Crippen molar-refractivity contribution in [2.75, 3.05) is 32.2 Å². The second-order valence-electron chi connectivity index (χ2n) is 5.29. The van der Waals surface area contributed by atoms with Gasteiger partial charge in [-0.25, -0.2) is 9.59 Å². The fourth-order valence-electron chi connectivity index (χ4n) is 2.46. The lowest BCUT2D eigenvalue weighted by molar-refractivity contribution is -0.118. The van der Waals surface area contributed by atoms with Crippen molar-refractivity contribution in [3.8, 4) is 0 Å². The number of fused-ring (bicyclic) bond motifs is 1. The summed E-state index contributed by atoms with van der Waals surface area (Å²) < 4.78 is 9.31. The summed E-state index contributed by atoms with van der Waals surface area (Å²) >= 11 is 1.45. The maximum absolute atomic E-state index is 12.5. The van der Waals surface area contributed by atoms with Gasteiger partial charge in [-0.3, -0.25) is 4.79 Å². The number of thioether (sulfide) groups is 1. The van der Waals surface area contributed by atoms with Crippen molar-refractivity contribution < 1.29 is 23.9 Å². The molecule has 1 aliphatic rings. The highest BCUT2D eigenvalue weighted by atomic mass is 32.2. The van der Waals surface area contributed by atoms with E-state index in [2.05, 4.69) is 10.1 Å². The van der Waals surface area contributed by atoms with Crippen LogP contribution in [0.25, 0.3) is 0 Å². The highest BCUT2D eigenvalue weighted by Gasteiger charge is 2.32. The number of benzene rings is 1. The Balaban J connectivity index is 0.00000163. The van der Waals surface area contributed by atoms with E-state index >= 15 is 0 Å². The molecule has 1 N–H and O–H groups in total. The van der Waals surface area contributed by atoms with E-state index in [4.69, 9.17) is 4.74 Å². The first-order valence-electron chi connectivity index (χ1n) is 8.41. The molecule has 0 saturated heterocycles. The van der Waals surface area contributed by atoms with E-state index in [-0.39, 0.29) is 24.2 Å². The quantitative estimate of drug-likeness (QED) is 0.806. The summed E-state index contributed by atoms with van der Waals surface area (Å²) in [4.78, 5) is 38.1. The standard InChI is InChI=1S/C16H20N2O5S.C2H6/c1-9-7-13-12(8-11(9)15(20)22-3)18(14(19)10(2)24-13)6-5-17-16(21)23-4;1-2/h7-8,10H,5-6H2,1-4H3,(H,17,21);1-2H3. The van der Waals surface area contributed by atoms with Gasteiger partial charge < -0.3 is 19.7 Å². The average Bonchev–Trinajstić information content (AvgIpc) is 2.65. The highest BCUT2D eigenvalue weighted by molar-refractivity contribution is 8.01. The number of nitrogens with one attached hydrogen (secondary N) is 1. The fraction of sp³-hybridized carbons (Fsp3) is 0.500. The summed E-state index contributed by atoms with van der Waals surface area (Å²) in [7, 11) is 2.60. The molecular weight excluding hydrogens is 356 g/mol. The van der Waals surface area contributed by atoms with E-state index in [1.54, 1.807) is 11.0 Å². The molecule has 8 heteroatoms. The third kappa shape index (κ3) is 4.91. The fourth-order valence-corrected chi connectivity index (χ4v) is 3.60. The molecule has 2 rings (SSSR count). The molecule has 26 heavy (non-hydrogen) atoms. The molecular formula is C18H26N2O5S. The molecule has 0 radical (unpaired) electrons. The minimum absolute atomic E-state index is 0.0705. The summed E-state index contributed by atoms with van der Waals surface area (Å²) in [6, 6.07) is 3.56. The Morgan fingerprint density at radius 2 is 1.88 bits per heavy atom. The van der Waals surface area contributed by atoms with E-state index in [1.807, 2.05) is 33.8 Å². The summed E-state index contributed by atoms with van der Waals surface area (Å²) in [6.45, 7) is 8.20. The molecule has 0 spiro atoms. The number of amides is 2. The first kappa shape index (κ1) is 21.8. The number of hydrogen-bond donors (Lipinski definition) is 1. The first-order valence-corrected chi connectivity index (χ1v) is 9.29. The Bertz CT molecular complexity index is 678. The highest BCUT2D eigenvalue weighted by Crippen LogP contribution is 2.40. The van der Waals surface area contributed by atoms with Crippen LogP contribution in [0, 0.1) is 6.92 Å². The van der Waals surface area contributed by atoms with Crippen LogP contribution in [-0.2, 0) is 14.3 Å². The minimum atomic E-state index is -0.554. The van der Waals surface area contributed by atoms with Crippen LogP contribution in [0.4, 0.5) is 10.5 Å². The zero-order valence-corrected chi connectivity index (χ0v) is 16.9. The summed E-state index contributed by atoms with van der Waals surface area (Å²) in [5.41, 5.74) is 1.87. The maximum Gasteiger partial charge on any atom is 0.406 e. The lowest BCUT2D eigenvalue weighted by Crippen LogP contribution is -2.44. The number of hydrogen-bond acceptors (Lipinski definition) is 6. The van der Waals surface area contributed by atoms with E-state index < -0.39 is 12.1 Å². The minimum Gasteiger partial charge on any atom is -0.465 e. The molecule has 1 heterocycles. The number of esters is 1. The zero-order valence-electron chi connectivity index (χ0n) is 16.0. The number of anilines is 1. The Hall–Kier alpha value is -2.22.